The minimum atomic E-state index is -3.62. The van der Waals surface area contributed by atoms with Crippen molar-refractivity contribution in [3.63, 3.8) is 0 Å². The van der Waals surface area contributed by atoms with Crippen molar-refractivity contribution in [2.45, 2.75) is 44.2 Å². The molecule has 6 heteroatoms. The molecule has 0 radical (unpaired) electrons. The van der Waals surface area contributed by atoms with Gasteiger partial charge < -0.3 is 9.64 Å². The van der Waals surface area contributed by atoms with Crippen LogP contribution in [0.3, 0.4) is 0 Å². The minimum absolute atomic E-state index is 0.0408. The number of anilines is 1. The molecule has 0 bridgehead atoms. The summed E-state index contributed by atoms with van der Waals surface area (Å²) < 4.78 is 34.4. The van der Waals surface area contributed by atoms with Gasteiger partial charge in [0, 0.05) is 39.5 Å². The Balaban J connectivity index is 1.92. The molecule has 1 heterocycles. The second kappa shape index (κ2) is 8.64. The van der Waals surface area contributed by atoms with Crippen molar-refractivity contribution in [3.05, 3.63) is 59.2 Å². The molecule has 0 unspecified atom stereocenters. The zero-order valence-corrected chi connectivity index (χ0v) is 18.0. The lowest BCUT2D eigenvalue weighted by atomic mass is 10.2. The molecule has 1 saturated heterocycles. The van der Waals surface area contributed by atoms with Crippen LogP contribution < -0.4 is 4.90 Å². The predicted octanol–water partition coefficient (Wildman–Crippen LogP) is 3.74. The monoisotopic (exact) mass is 402 g/mol. The highest BCUT2D eigenvalue weighted by atomic mass is 32.2. The summed E-state index contributed by atoms with van der Waals surface area (Å²) in [5.41, 5.74) is 3.77. The summed E-state index contributed by atoms with van der Waals surface area (Å²) in [5.74, 6) is 0. The van der Waals surface area contributed by atoms with Crippen molar-refractivity contribution >= 4 is 15.7 Å². The SMILES string of the molecule is Cc1ccc(C)c(S(=O)(=O)N(Cc2ccc(N(C)C)cc2)C[C@H]2CCCO2)c1. The Morgan fingerprint density at radius 3 is 2.39 bits per heavy atom. The summed E-state index contributed by atoms with van der Waals surface area (Å²) >= 11 is 0. The predicted molar refractivity (Wildman–Crippen MR) is 113 cm³/mol. The Morgan fingerprint density at radius 2 is 1.79 bits per heavy atom. The van der Waals surface area contributed by atoms with Gasteiger partial charge in [0.2, 0.25) is 10.0 Å². The highest BCUT2D eigenvalue weighted by molar-refractivity contribution is 7.89. The van der Waals surface area contributed by atoms with E-state index in [1.165, 1.54) is 0 Å². The van der Waals surface area contributed by atoms with Crippen LogP contribution in [-0.4, -0.2) is 46.1 Å². The Bertz CT molecular complexity index is 902. The first-order valence-corrected chi connectivity index (χ1v) is 11.2. The molecular weight excluding hydrogens is 372 g/mol. The molecule has 0 aromatic heterocycles. The fourth-order valence-corrected chi connectivity index (χ4v) is 5.26. The van der Waals surface area contributed by atoms with Gasteiger partial charge in [-0.05, 0) is 61.6 Å². The lowest BCUT2D eigenvalue weighted by Crippen LogP contribution is -2.37. The topological polar surface area (TPSA) is 49.9 Å². The van der Waals surface area contributed by atoms with Crippen LogP contribution in [0.1, 0.15) is 29.5 Å². The molecule has 0 spiro atoms. The van der Waals surface area contributed by atoms with E-state index < -0.39 is 10.0 Å². The van der Waals surface area contributed by atoms with Gasteiger partial charge in [-0.3, -0.25) is 0 Å². The first-order valence-electron chi connectivity index (χ1n) is 9.72. The molecule has 0 amide bonds. The second-order valence-corrected chi connectivity index (χ2v) is 9.67. The maximum Gasteiger partial charge on any atom is 0.243 e. The van der Waals surface area contributed by atoms with Gasteiger partial charge in [0.25, 0.3) is 0 Å². The number of sulfonamides is 1. The van der Waals surface area contributed by atoms with Gasteiger partial charge >= 0.3 is 0 Å². The number of hydrogen-bond donors (Lipinski definition) is 0. The fourth-order valence-electron chi connectivity index (χ4n) is 3.49. The van der Waals surface area contributed by atoms with E-state index >= 15 is 0 Å². The highest BCUT2D eigenvalue weighted by Crippen LogP contribution is 2.26. The van der Waals surface area contributed by atoms with Crippen LogP contribution in [0.4, 0.5) is 5.69 Å². The molecule has 28 heavy (non-hydrogen) atoms. The molecule has 152 valence electrons. The fraction of sp³-hybridized carbons (Fsp3) is 0.455. The van der Waals surface area contributed by atoms with Gasteiger partial charge in [-0.25, -0.2) is 8.42 Å². The van der Waals surface area contributed by atoms with Crippen molar-refractivity contribution < 1.29 is 13.2 Å². The summed E-state index contributed by atoms with van der Waals surface area (Å²) in [6.07, 6.45) is 1.85. The summed E-state index contributed by atoms with van der Waals surface area (Å²) in [6.45, 7) is 5.19. The highest BCUT2D eigenvalue weighted by Gasteiger charge is 2.30. The number of rotatable bonds is 7. The Hall–Kier alpha value is -1.89. The number of benzene rings is 2. The van der Waals surface area contributed by atoms with Crippen molar-refractivity contribution in [1.82, 2.24) is 4.31 Å². The van der Waals surface area contributed by atoms with Crippen LogP contribution in [0.2, 0.25) is 0 Å². The first-order chi connectivity index (χ1) is 13.3. The van der Waals surface area contributed by atoms with E-state index in [4.69, 9.17) is 4.74 Å². The van der Waals surface area contributed by atoms with Crippen molar-refractivity contribution in [2.75, 3.05) is 32.1 Å². The molecule has 1 aliphatic heterocycles. The minimum Gasteiger partial charge on any atom is -0.378 e. The molecule has 2 aromatic carbocycles. The Labute approximate surface area is 169 Å². The largest absolute Gasteiger partial charge is 0.378 e. The zero-order valence-electron chi connectivity index (χ0n) is 17.2. The lowest BCUT2D eigenvalue weighted by molar-refractivity contribution is 0.0926. The van der Waals surface area contributed by atoms with E-state index in [0.29, 0.717) is 24.6 Å². The van der Waals surface area contributed by atoms with Crippen molar-refractivity contribution in [2.24, 2.45) is 0 Å². The van der Waals surface area contributed by atoms with E-state index in [9.17, 15) is 8.42 Å². The molecule has 3 rings (SSSR count). The van der Waals surface area contributed by atoms with Gasteiger partial charge in [-0.15, -0.1) is 0 Å². The molecule has 2 aromatic rings. The van der Waals surface area contributed by atoms with Crippen LogP contribution in [0.5, 0.6) is 0 Å². The van der Waals surface area contributed by atoms with E-state index in [2.05, 4.69) is 0 Å². The van der Waals surface area contributed by atoms with E-state index in [-0.39, 0.29) is 6.10 Å². The molecule has 1 fully saturated rings. The third kappa shape index (κ3) is 4.74. The van der Waals surface area contributed by atoms with Crippen LogP contribution in [0.25, 0.3) is 0 Å². The van der Waals surface area contributed by atoms with Gasteiger partial charge in [0.1, 0.15) is 0 Å². The molecule has 1 atom stereocenters. The Kier molecular flexibility index (Phi) is 6.43. The number of nitrogens with zero attached hydrogens (tertiary/aromatic N) is 2. The van der Waals surface area contributed by atoms with E-state index in [1.54, 1.807) is 10.4 Å². The van der Waals surface area contributed by atoms with E-state index in [1.807, 2.05) is 69.2 Å². The molecular formula is C22H30N2O3S. The average Bonchev–Trinajstić information content (AvgIpc) is 3.16. The zero-order chi connectivity index (χ0) is 20.3. The van der Waals surface area contributed by atoms with Gasteiger partial charge in [-0.1, -0.05) is 24.3 Å². The number of aryl methyl sites for hydroxylation is 2. The summed E-state index contributed by atoms with van der Waals surface area (Å²) in [6, 6.07) is 13.6. The second-order valence-electron chi connectivity index (χ2n) is 7.76. The third-order valence-electron chi connectivity index (χ3n) is 5.20. The molecule has 1 aliphatic rings. The molecule has 0 N–H and O–H groups in total. The molecule has 0 saturated carbocycles. The first kappa shape index (κ1) is 20.8. The van der Waals surface area contributed by atoms with Crippen LogP contribution in [0, 0.1) is 13.8 Å². The summed E-state index contributed by atoms with van der Waals surface area (Å²) in [4.78, 5) is 2.41. The molecule has 0 aliphatic carbocycles. The summed E-state index contributed by atoms with van der Waals surface area (Å²) in [7, 11) is 0.356. The maximum absolute atomic E-state index is 13.5. The van der Waals surface area contributed by atoms with Crippen LogP contribution >= 0.6 is 0 Å². The summed E-state index contributed by atoms with van der Waals surface area (Å²) in [5, 5.41) is 0. The van der Waals surface area contributed by atoms with Crippen LogP contribution in [-0.2, 0) is 21.3 Å². The number of ether oxygens (including phenoxy) is 1. The number of hydrogen-bond acceptors (Lipinski definition) is 4. The molecule has 5 nitrogen and oxygen atoms in total. The maximum atomic E-state index is 13.5. The van der Waals surface area contributed by atoms with Crippen molar-refractivity contribution in [1.29, 1.82) is 0 Å². The van der Waals surface area contributed by atoms with Gasteiger partial charge in [0.15, 0.2) is 0 Å². The normalized spacial score (nSPS) is 17.2. The van der Waals surface area contributed by atoms with E-state index in [0.717, 1.165) is 35.2 Å². The van der Waals surface area contributed by atoms with Gasteiger partial charge in [0.05, 0.1) is 11.0 Å². The quantitative estimate of drug-likeness (QED) is 0.708. The van der Waals surface area contributed by atoms with Crippen LogP contribution in [0.15, 0.2) is 47.4 Å². The Morgan fingerprint density at radius 1 is 1.07 bits per heavy atom. The standard InChI is InChI=1S/C22H30N2O3S/c1-17-7-8-18(2)22(14-17)28(25,26)24(16-21-6-5-13-27-21)15-19-9-11-20(12-10-19)23(3)4/h7-12,14,21H,5-6,13,15-16H2,1-4H3/t21-/m1/s1. The lowest BCUT2D eigenvalue weighted by Gasteiger charge is -2.26. The van der Waals surface area contributed by atoms with Crippen molar-refractivity contribution in [3.8, 4) is 0 Å². The third-order valence-corrected chi connectivity index (χ3v) is 7.16. The average molecular weight is 403 g/mol. The smallest absolute Gasteiger partial charge is 0.243 e. The van der Waals surface area contributed by atoms with Gasteiger partial charge in [-0.2, -0.15) is 4.31 Å².